The van der Waals surface area contributed by atoms with E-state index in [1.165, 1.54) is 0 Å². The molecule has 0 saturated carbocycles. The molecule has 0 radical (unpaired) electrons. The molecule has 0 aliphatic heterocycles. The number of hydrogen-bond donors (Lipinski definition) is 2. The summed E-state index contributed by atoms with van der Waals surface area (Å²) in [4.78, 5) is 7.87. The fraction of sp³-hybridized carbons (Fsp3) is 0.267. The van der Waals surface area contributed by atoms with Crippen LogP contribution in [-0.4, -0.2) is 23.1 Å². The molecule has 0 aliphatic rings. The van der Waals surface area contributed by atoms with E-state index in [0.717, 1.165) is 27.7 Å². The molecule has 2 unspecified atom stereocenters. The molecule has 0 spiro atoms. The van der Waals surface area contributed by atoms with Crippen molar-refractivity contribution < 1.29 is 9.15 Å². The Morgan fingerprint density at radius 2 is 2.24 bits per heavy atom. The van der Waals surface area contributed by atoms with Crippen LogP contribution in [0, 0.1) is 0 Å². The summed E-state index contributed by atoms with van der Waals surface area (Å²) in [5.41, 5.74) is 7.92. The molecule has 6 heteroatoms. The van der Waals surface area contributed by atoms with E-state index in [-0.39, 0.29) is 11.3 Å². The number of H-pyrrole nitrogens is 1. The van der Waals surface area contributed by atoms with Gasteiger partial charge in [0, 0.05) is 12.1 Å². The van der Waals surface area contributed by atoms with Gasteiger partial charge in [0.05, 0.1) is 29.7 Å². The number of methoxy groups -OCH3 is 1. The lowest BCUT2D eigenvalue weighted by atomic mass is 10.2. The molecule has 1 aromatic carbocycles. The Hall–Kier alpha value is -1.92. The molecular formula is C15H17N3O2S. The van der Waals surface area contributed by atoms with Crippen molar-refractivity contribution in [1.29, 1.82) is 0 Å². The van der Waals surface area contributed by atoms with E-state index in [0.29, 0.717) is 0 Å². The van der Waals surface area contributed by atoms with E-state index in [1.54, 1.807) is 25.1 Å². The van der Waals surface area contributed by atoms with Gasteiger partial charge in [-0.15, -0.1) is 0 Å². The van der Waals surface area contributed by atoms with Gasteiger partial charge in [0.15, 0.2) is 5.16 Å². The van der Waals surface area contributed by atoms with Gasteiger partial charge in [-0.05, 0) is 31.2 Å². The molecule has 110 valence electrons. The molecule has 5 nitrogen and oxygen atoms in total. The quantitative estimate of drug-likeness (QED) is 0.707. The van der Waals surface area contributed by atoms with Crippen LogP contribution in [0.3, 0.4) is 0 Å². The number of imidazole rings is 1. The van der Waals surface area contributed by atoms with Gasteiger partial charge in [-0.3, -0.25) is 0 Å². The lowest BCUT2D eigenvalue weighted by Gasteiger charge is -2.16. The van der Waals surface area contributed by atoms with E-state index in [2.05, 4.69) is 9.97 Å². The number of nitrogens with two attached hydrogens (primary N) is 1. The van der Waals surface area contributed by atoms with Crippen molar-refractivity contribution >= 4 is 22.8 Å². The fourth-order valence-electron chi connectivity index (χ4n) is 2.15. The molecule has 21 heavy (non-hydrogen) atoms. The first-order valence-corrected chi connectivity index (χ1v) is 7.54. The minimum atomic E-state index is -0.0519. The van der Waals surface area contributed by atoms with Crippen molar-refractivity contribution in [3.63, 3.8) is 0 Å². The molecule has 3 rings (SSSR count). The third-order valence-corrected chi connectivity index (χ3v) is 4.54. The standard InChI is InChI=1S/C15H17N3O2S/c1-9(16)14(13-4-3-7-20-13)21-15-17-11-6-5-10(19-2)8-12(11)18-15/h3-9,14H,16H2,1-2H3,(H,17,18). The van der Waals surface area contributed by atoms with Gasteiger partial charge in [0.1, 0.15) is 11.5 Å². The Kier molecular flexibility index (Phi) is 3.90. The predicted molar refractivity (Wildman–Crippen MR) is 83.6 cm³/mol. The number of furan rings is 1. The van der Waals surface area contributed by atoms with Crippen LogP contribution in [0.2, 0.25) is 0 Å². The summed E-state index contributed by atoms with van der Waals surface area (Å²) < 4.78 is 10.7. The summed E-state index contributed by atoms with van der Waals surface area (Å²) in [6.07, 6.45) is 1.66. The molecule has 0 aliphatic carbocycles. The van der Waals surface area contributed by atoms with Crippen molar-refractivity contribution in [3.8, 4) is 5.75 Å². The lowest BCUT2D eigenvalue weighted by Crippen LogP contribution is -2.22. The number of nitrogens with zero attached hydrogens (tertiary/aromatic N) is 1. The zero-order valence-electron chi connectivity index (χ0n) is 11.9. The number of hydrogen-bond acceptors (Lipinski definition) is 5. The van der Waals surface area contributed by atoms with Gasteiger partial charge < -0.3 is 19.9 Å². The normalized spacial score (nSPS) is 14.2. The SMILES string of the molecule is COc1ccc2nc(SC(c3ccco3)C(C)N)[nH]c2c1. The third-order valence-electron chi connectivity index (χ3n) is 3.21. The summed E-state index contributed by atoms with van der Waals surface area (Å²) in [6.45, 7) is 1.96. The highest BCUT2D eigenvalue weighted by Gasteiger charge is 2.22. The minimum Gasteiger partial charge on any atom is -0.497 e. The van der Waals surface area contributed by atoms with Crippen molar-refractivity contribution in [2.45, 2.75) is 23.4 Å². The average molecular weight is 303 g/mol. The fourth-order valence-corrected chi connectivity index (χ4v) is 3.17. The summed E-state index contributed by atoms with van der Waals surface area (Å²) in [7, 11) is 1.65. The second-order valence-corrected chi connectivity index (χ2v) is 5.97. The number of aromatic nitrogens is 2. The highest BCUT2D eigenvalue weighted by molar-refractivity contribution is 7.99. The summed E-state index contributed by atoms with van der Waals surface area (Å²) in [5.74, 6) is 1.66. The lowest BCUT2D eigenvalue weighted by molar-refractivity contribution is 0.415. The van der Waals surface area contributed by atoms with Gasteiger partial charge in [0.2, 0.25) is 0 Å². The molecule has 3 aromatic rings. The van der Waals surface area contributed by atoms with Crippen LogP contribution in [0.1, 0.15) is 17.9 Å². The Bertz CT molecular complexity index is 722. The zero-order valence-corrected chi connectivity index (χ0v) is 12.7. The van der Waals surface area contributed by atoms with Gasteiger partial charge >= 0.3 is 0 Å². The summed E-state index contributed by atoms with van der Waals surface area (Å²) >= 11 is 1.57. The number of fused-ring (bicyclic) bond motifs is 1. The maximum Gasteiger partial charge on any atom is 0.167 e. The highest BCUT2D eigenvalue weighted by Crippen LogP contribution is 2.36. The van der Waals surface area contributed by atoms with Crippen molar-refractivity contribution in [3.05, 3.63) is 42.4 Å². The van der Waals surface area contributed by atoms with Crippen LogP contribution < -0.4 is 10.5 Å². The van der Waals surface area contributed by atoms with Crippen molar-refractivity contribution in [2.24, 2.45) is 5.73 Å². The maximum absolute atomic E-state index is 6.07. The highest BCUT2D eigenvalue weighted by atomic mass is 32.2. The Balaban J connectivity index is 1.89. The van der Waals surface area contributed by atoms with Crippen LogP contribution >= 0.6 is 11.8 Å². The molecule has 0 saturated heterocycles. The third kappa shape index (κ3) is 2.91. The number of nitrogens with one attached hydrogen (secondary N) is 1. The van der Waals surface area contributed by atoms with Crippen LogP contribution in [0.5, 0.6) is 5.75 Å². The molecule has 2 atom stereocenters. The van der Waals surface area contributed by atoms with Crippen molar-refractivity contribution in [1.82, 2.24) is 9.97 Å². The number of aromatic amines is 1. The van der Waals surface area contributed by atoms with E-state index in [4.69, 9.17) is 14.9 Å². The Labute approximate surface area is 126 Å². The van der Waals surface area contributed by atoms with Crippen LogP contribution in [0.25, 0.3) is 11.0 Å². The first kappa shape index (κ1) is 14.0. The van der Waals surface area contributed by atoms with E-state index >= 15 is 0 Å². The van der Waals surface area contributed by atoms with Gasteiger partial charge in [0.25, 0.3) is 0 Å². The molecular weight excluding hydrogens is 286 g/mol. The minimum absolute atomic E-state index is 0.0162. The second-order valence-electron chi connectivity index (χ2n) is 4.84. The van der Waals surface area contributed by atoms with Gasteiger partial charge in [-0.1, -0.05) is 11.8 Å². The van der Waals surface area contributed by atoms with E-state index in [9.17, 15) is 0 Å². The largest absolute Gasteiger partial charge is 0.497 e. The molecule has 0 amide bonds. The van der Waals surface area contributed by atoms with E-state index in [1.807, 2.05) is 37.3 Å². The van der Waals surface area contributed by atoms with Crippen molar-refractivity contribution in [2.75, 3.05) is 7.11 Å². The number of benzene rings is 1. The van der Waals surface area contributed by atoms with Crippen LogP contribution in [0.15, 0.2) is 46.2 Å². The molecule has 2 heterocycles. The average Bonchev–Trinajstić information content (AvgIpc) is 3.12. The molecule has 3 N–H and O–H groups in total. The Morgan fingerprint density at radius 3 is 2.90 bits per heavy atom. The van der Waals surface area contributed by atoms with Gasteiger partial charge in [-0.2, -0.15) is 0 Å². The monoisotopic (exact) mass is 303 g/mol. The number of rotatable bonds is 5. The first-order valence-electron chi connectivity index (χ1n) is 6.67. The molecule has 2 aromatic heterocycles. The second kappa shape index (κ2) is 5.83. The maximum atomic E-state index is 6.07. The van der Waals surface area contributed by atoms with Gasteiger partial charge in [-0.25, -0.2) is 4.98 Å². The first-order chi connectivity index (χ1) is 10.2. The van der Waals surface area contributed by atoms with E-state index < -0.39 is 0 Å². The number of ether oxygens (including phenoxy) is 1. The topological polar surface area (TPSA) is 77.1 Å². The smallest absolute Gasteiger partial charge is 0.167 e. The summed E-state index contributed by atoms with van der Waals surface area (Å²) in [6, 6.07) is 9.51. The number of thioether (sulfide) groups is 1. The Morgan fingerprint density at radius 1 is 1.38 bits per heavy atom. The van der Waals surface area contributed by atoms with Crippen LogP contribution in [-0.2, 0) is 0 Å². The predicted octanol–water partition coefficient (Wildman–Crippen LogP) is 3.35. The summed E-state index contributed by atoms with van der Waals surface area (Å²) in [5, 5.41) is 0.833. The van der Waals surface area contributed by atoms with Crippen LogP contribution in [0.4, 0.5) is 0 Å². The molecule has 0 fully saturated rings. The molecule has 0 bridgehead atoms. The zero-order chi connectivity index (χ0) is 14.8.